The molecule has 0 heteroatoms. The van der Waals surface area contributed by atoms with Gasteiger partial charge in [-0.25, -0.2) is 0 Å². The van der Waals surface area contributed by atoms with Crippen molar-refractivity contribution in [3.8, 4) is 0 Å². The van der Waals surface area contributed by atoms with E-state index in [2.05, 4.69) is 47.6 Å². The Labute approximate surface area is 71.7 Å². The standard InChI is InChI=1S/C11H22/c1-7-9(4)11(6)10(5)8(2)3/h7-8,10-11H,1-6H3. The first-order valence-corrected chi connectivity index (χ1v) is 4.63. The highest BCUT2D eigenvalue weighted by Crippen LogP contribution is 2.25. The van der Waals surface area contributed by atoms with E-state index >= 15 is 0 Å². The van der Waals surface area contributed by atoms with E-state index < -0.39 is 0 Å². The third kappa shape index (κ3) is 3.09. The molecular formula is C11H22. The van der Waals surface area contributed by atoms with E-state index in [4.69, 9.17) is 0 Å². The average Bonchev–Trinajstić information content (AvgIpc) is 2.00. The summed E-state index contributed by atoms with van der Waals surface area (Å²) >= 11 is 0. The van der Waals surface area contributed by atoms with Gasteiger partial charge in [0.25, 0.3) is 0 Å². The van der Waals surface area contributed by atoms with Crippen LogP contribution in [0.5, 0.6) is 0 Å². The van der Waals surface area contributed by atoms with Crippen LogP contribution >= 0.6 is 0 Å². The summed E-state index contributed by atoms with van der Waals surface area (Å²) in [4.78, 5) is 0. The van der Waals surface area contributed by atoms with Crippen LogP contribution in [0.15, 0.2) is 11.6 Å². The van der Waals surface area contributed by atoms with E-state index in [-0.39, 0.29) is 0 Å². The van der Waals surface area contributed by atoms with Crippen LogP contribution in [0, 0.1) is 17.8 Å². The Morgan fingerprint density at radius 1 is 1.09 bits per heavy atom. The maximum absolute atomic E-state index is 2.34. The van der Waals surface area contributed by atoms with Crippen molar-refractivity contribution in [2.24, 2.45) is 17.8 Å². The SMILES string of the molecule is CC=C(C)C(C)C(C)C(C)C. The quantitative estimate of drug-likeness (QED) is 0.541. The summed E-state index contributed by atoms with van der Waals surface area (Å²) < 4.78 is 0. The minimum atomic E-state index is 0.736. The Kier molecular flexibility index (Phi) is 4.48. The van der Waals surface area contributed by atoms with Gasteiger partial charge >= 0.3 is 0 Å². The molecule has 66 valence electrons. The van der Waals surface area contributed by atoms with Gasteiger partial charge in [0.2, 0.25) is 0 Å². The first-order valence-electron chi connectivity index (χ1n) is 4.63. The maximum atomic E-state index is 2.34. The molecule has 0 aliphatic carbocycles. The molecule has 0 aliphatic heterocycles. The Balaban J connectivity index is 4.13. The van der Waals surface area contributed by atoms with Crippen molar-refractivity contribution in [1.29, 1.82) is 0 Å². The molecule has 0 bridgehead atoms. The second-order valence-corrected chi connectivity index (χ2v) is 3.92. The highest BCUT2D eigenvalue weighted by atomic mass is 14.2. The molecule has 0 aliphatic rings. The topological polar surface area (TPSA) is 0 Å². The van der Waals surface area contributed by atoms with Gasteiger partial charge < -0.3 is 0 Å². The van der Waals surface area contributed by atoms with E-state index in [1.807, 2.05) is 0 Å². The highest BCUT2D eigenvalue weighted by Gasteiger charge is 2.15. The van der Waals surface area contributed by atoms with E-state index in [1.54, 1.807) is 0 Å². The number of allylic oxidation sites excluding steroid dienone is 2. The minimum absolute atomic E-state index is 0.736. The maximum Gasteiger partial charge on any atom is -0.0206 e. The fraction of sp³-hybridized carbons (Fsp3) is 0.818. The van der Waals surface area contributed by atoms with Gasteiger partial charge in [-0.3, -0.25) is 0 Å². The minimum Gasteiger partial charge on any atom is -0.0885 e. The number of rotatable bonds is 3. The van der Waals surface area contributed by atoms with Crippen LogP contribution < -0.4 is 0 Å². The van der Waals surface area contributed by atoms with Gasteiger partial charge in [0.15, 0.2) is 0 Å². The molecule has 0 amide bonds. The third-order valence-electron chi connectivity index (χ3n) is 3.01. The predicted molar refractivity (Wildman–Crippen MR) is 52.6 cm³/mol. The van der Waals surface area contributed by atoms with Crippen LogP contribution in [0.2, 0.25) is 0 Å². The second kappa shape index (κ2) is 4.58. The monoisotopic (exact) mass is 154 g/mol. The van der Waals surface area contributed by atoms with Crippen LogP contribution in [-0.2, 0) is 0 Å². The van der Waals surface area contributed by atoms with Crippen LogP contribution in [0.3, 0.4) is 0 Å². The molecule has 0 aromatic heterocycles. The molecule has 0 heterocycles. The average molecular weight is 154 g/mol. The predicted octanol–water partition coefficient (Wildman–Crippen LogP) is 3.88. The van der Waals surface area contributed by atoms with Crippen LogP contribution in [0.1, 0.15) is 41.5 Å². The number of hydrogen-bond acceptors (Lipinski definition) is 0. The Bertz CT molecular complexity index is 131. The van der Waals surface area contributed by atoms with E-state index in [9.17, 15) is 0 Å². The van der Waals surface area contributed by atoms with E-state index in [1.165, 1.54) is 5.57 Å². The van der Waals surface area contributed by atoms with Gasteiger partial charge in [0.05, 0.1) is 0 Å². The largest absolute Gasteiger partial charge is 0.0885 e. The zero-order valence-electron chi connectivity index (χ0n) is 8.81. The molecule has 0 aromatic carbocycles. The molecule has 11 heavy (non-hydrogen) atoms. The smallest absolute Gasteiger partial charge is 0.0206 e. The van der Waals surface area contributed by atoms with Crippen LogP contribution in [-0.4, -0.2) is 0 Å². The van der Waals surface area contributed by atoms with Gasteiger partial charge in [-0.05, 0) is 31.6 Å². The second-order valence-electron chi connectivity index (χ2n) is 3.92. The Hall–Kier alpha value is -0.260. The molecule has 0 rings (SSSR count). The van der Waals surface area contributed by atoms with Gasteiger partial charge in [-0.15, -0.1) is 0 Å². The molecule has 0 radical (unpaired) electrons. The van der Waals surface area contributed by atoms with Crippen molar-refractivity contribution in [1.82, 2.24) is 0 Å². The van der Waals surface area contributed by atoms with E-state index in [0.717, 1.165) is 17.8 Å². The third-order valence-corrected chi connectivity index (χ3v) is 3.01. The Morgan fingerprint density at radius 2 is 1.55 bits per heavy atom. The lowest BCUT2D eigenvalue weighted by Gasteiger charge is -2.24. The molecule has 0 saturated carbocycles. The summed E-state index contributed by atoms with van der Waals surface area (Å²) in [5.41, 5.74) is 1.52. The van der Waals surface area contributed by atoms with Gasteiger partial charge in [-0.2, -0.15) is 0 Å². The van der Waals surface area contributed by atoms with Gasteiger partial charge in [-0.1, -0.05) is 39.3 Å². The molecule has 2 atom stereocenters. The van der Waals surface area contributed by atoms with Crippen molar-refractivity contribution in [3.63, 3.8) is 0 Å². The Morgan fingerprint density at radius 3 is 1.82 bits per heavy atom. The zero-order valence-corrected chi connectivity index (χ0v) is 8.81. The van der Waals surface area contributed by atoms with Crippen LogP contribution in [0.4, 0.5) is 0 Å². The lowest BCUT2D eigenvalue weighted by Crippen LogP contribution is -2.14. The van der Waals surface area contributed by atoms with Crippen molar-refractivity contribution >= 4 is 0 Å². The van der Waals surface area contributed by atoms with E-state index in [0.29, 0.717) is 0 Å². The molecule has 2 unspecified atom stereocenters. The fourth-order valence-electron chi connectivity index (χ4n) is 1.25. The molecular weight excluding hydrogens is 132 g/mol. The summed E-state index contributed by atoms with van der Waals surface area (Å²) in [6.45, 7) is 13.6. The first kappa shape index (κ1) is 10.7. The lowest BCUT2D eigenvalue weighted by molar-refractivity contribution is 0.330. The fourth-order valence-corrected chi connectivity index (χ4v) is 1.25. The molecule has 0 nitrogen and oxygen atoms in total. The lowest BCUT2D eigenvalue weighted by atomic mass is 9.82. The summed E-state index contributed by atoms with van der Waals surface area (Å²) in [6, 6.07) is 0. The van der Waals surface area contributed by atoms with Crippen molar-refractivity contribution in [2.45, 2.75) is 41.5 Å². The van der Waals surface area contributed by atoms with Crippen molar-refractivity contribution in [3.05, 3.63) is 11.6 Å². The van der Waals surface area contributed by atoms with Crippen molar-refractivity contribution < 1.29 is 0 Å². The molecule has 0 saturated heterocycles. The molecule has 0 N–H and O–H groups in total. The molecule has 0 fully saturated rings. The summed E-state index contributed by atoms with van der Waals surface area (Å²) in [5.74, 6) is 2.33. The van der Waals surface area contributed by atoms with Gasteiger partial charge in [0, 0.05) is 0 Å². The molecule has 0 aromatic rings. The highest BCUT2D eigenvalue weighted by molar-refractivity contribution is 5.01. The molecule has 0 spiro atoms. The first-order chi connectivity index (χ1) is 5.00. The summed E-state index contributed by atoms with van der Waals surface area (Å²) in [7, 11) is 0. The summed E-state index contributed by atoms with van der Waals surface area (Å²) in [5, 5.41) is 0. The summed E-state index contributed by atoms with van der Waals surface area (Å²) in [6.07, 6.45) is 2.23. The number of hydrogen-bond donors (Lipinski definition) is 0. The van der Waals surface area contributed by atoms with Crippen LogP contribution in [0.25, 0.3) is 0 Å². The normalized spacial score (nSPS) is 18.6. The zero-order chi connectivity index (χ0) is 9.02. The van der Waals surface area contributed by atoms with Crippen molar-refractivity contribution in [2.75, 3.05) is 0 Å². The van der Waals surface area contributed by atoms with Gasteiger partial charge in [0.1, 0.15) is 0 Å².